The van der Waals surface area contributed by atoms with Gasteiger partial charge in [0, 0.05) is 6.54 Å². The summed E-state index contributed by atoms with van der Waals surface area (Å²) < 4.78 is 5.12. The number of ether oxygens (including phenoxy) is 1. The van der Waals surface area contributed by atoms with Gasteiger partial charge in [0.1, 0.15) is 11.8 Å². The normalized spacial score (nSPS) is 14.2. The molecule has 4 nitrogen and oxygen atoms in total. The van der Waals surface area contributed by atoms with Crippen LogP contribution in [0.5, 0.6) is 5.75 Å². The summed E-state index contributed by atoms with van der Waals surface area (Å²) in [4.78, 5) is 11.1. The van der Waals surface area contributed by atoms with Crippen LogP contribution in [0.15, 0.2) is 24.3 Å². The molecule has 1 aromatic carbocycles. The largest absolute Gasteiger partial charge is 0.497 e. The molecule has 0 spiro atoms. The van der Waals surface area contributed by atoms with E-state index in [1.807, 2.05) is 38.1 Å². The molecule has 2 N–H and O–H groups in total. The maximum Gasteiger partial charge on any atom is 0.320 e. The maximum atomic E-state index is 11.1. The van der Waals surface area contributed by atoms with Crippen molar-refractivity contribution in [3.63, 3.8) is 0 Å². The number of methoxy groups -OCH3 is 1. The average molecular weight is 265 g/mol. The fourth-order valence-electron chi connectivity index (χ4n) is 1.96. The van der Waals surface area contributed by atoms with Crippen LogP contribution >= 0.6 is 0 Å². The first-order valence-electron chi connectivity index (χ1n) is 6.55. The van der Waals surface area contributed by atoms with Crippen LogP contribution in [0.25, 0.3) is 0 Å². The number of carboxylic acid groups (broad SMARTS) is 1. The van der Waals surface area contributed by atoms with Crippen LogP contribution in [0.3, 0.4) is 0 Å². The molecule has 0 aliphatic heterocycles. The number of hydrogen-bond donors (Lipinski definition) is 2. The van der Waals surface area contributed by atoms with Crippen molar-refractivity contribution in [3.05, 3.63) is 29.8 Å². The van der Waals surface area contributed by atoms with E-state index in [1.165, 1.54) is 5.56 Å². The minimum Gasteiger partial charge on any atom is -0.497 e. The average Bonchev–Trinajstić information content (AvgIpc) is 2.38. The molecule has 2 atom stereocenters. The van der Waals surface area contributed by atoms with Gasteiger partial charge in [-0.15, -0.1) is 0 Å². The number of carbonyl (C=O) groups is 1. The Labute approximate surface area is 114 Å². The summed E-state index contributed by atoms with van der Waals surface area (Å²) >= 11 is 0. The second-order valence-electron chi connectivity index (χ2n) is 5.14. The summed E-state index contributed by atoms with van der Waals surface area (Å²) in [6, 6.07) is 7.36. The molecule has 0 heterocycles. The lowest BCUT2D eigenvalue weighted by molar-refractivity contribution is -0.140. The zero-order valence-corrected chi connectivity index (χ0v) is 12.0. The van der Waals surface area contributed by atoms with Crippen molar-refractivity contribution in [2.45, 2.75) is 32.7 Å². The smallest absolute Gasteiger partial charge is 0.320 e. The Kier molecular flexibility index (Phi) is 5.83. The summed E-state index contributed by atoms with van der Waals surface area (Å²) in [5, 5.41) is 12.2. The van der Waals surface area contributed by atoms with Gasteiger partial charge in [0.15, 0.2) is 0 Å². The molecule has 19 heavy (non-hydrogen) atoms. The standard InChI is InChI=1S/C15H23NO3/c1-10(2)14(15(17)18)16-9-11(3)12-5-7-13(19-4)8-6-12/h5-8,10-11,14,16H,9H2,1-4H3,(H,17,18)/t11?,14-/m1/s1. The number of carboxylic acids is 1. The Balaban J connectivity index is 2.58. The van der Waals surface area contributed by atoms with E-state index in [0.29, 0.717) is 6.54 Å². The zero-order chi connectivity index (χ0) is 14.4. The molecular formula is C15H23NO3. The topological polar surface area (TPSA) is 58.6 Å². The van der Waals surface area contributed by atoms with Crippen LogP contribution in [0, 0.1) is 5.92 Å². The van der Waals surface area contributed by atoms with Crippen LogP contribution in [0.4, 0.5) is 0 Å². The molecule has 0 amide bonds. The second-order valence-corrected chi connectivity index (χ2v) is 5.14. The predicted molar refractivity (Wildman–Crippen MR) is 75.7 cm³/mol. The molecule has 0 radical (unpaired) electrons. The molecule has 0 bridgehead atoms. The van der Waals surface area contributed by atoms with Gasteiger partial charge in [-0.2, -0.15) is 0 Å². The molecule has 0 aliphatic carbocycles. The Bertz CT molecular complexity index is 400. The van der Waals surface area contributed by atoms with E-state index in [9.17, 15) is 4.79 Å². The minimum absolute atomic E-state index is 0.0700. The second kappa shape index (κ2) is 7.14. The van der Waals surface area contributed by atoms with Gasteiger partial charge in [0.25, 0.3) is 0 Å². The number of hydrogen-bond acceptors (Lipinski definition) is 3. The minimum atomic E-state index is -0.795. The summed E-state index contributed by atoms with van der Waals surface area (Å²) in [5.74, 6) is 0.360. The van der Waals surface area contributed by atoms with Gasteiger partial charge in [0.05, 0.1) is 7.11 Å². The molecule has 0 aliphatic rings. The van der Waals surface area contributed by atoms with Gasteiger partial charge in [-0.1, -0.05) is 32.9 Å². The highest BCUT2D eigenvalue weighted by Crippen LogP contribution is 2.18. The number of benzene rings is 1. The van der Waals surface area contributed by atoms with Gasteiger partial charge < -0.3 is 15.2 Å². The van der Waals surface area contributed by atoms with E-state index in [1.54, 1.807) is 7.11 Å². The van der Waals surface area contributed by atoms with Crippen LogP contribution in [-0.2, 0) is 4.79 Å². The quantitative estimate of drug-likeness (QED) is 0.795. The van der Waals surface area contributed by atoms with E-state index in [4.69, 9.17) is 9.84 Å². The summed E-state index contributed by atoms with van der Waals surface area (Å²) in [5.41, 5.74) is 1.17. The highest BCUT2D eigenvalue weighted by Gasteiger charge is 2.21. The fraction of sp³-hybridized carbons (Fsp3) is 0.533. The van der Waals surface area contributed by atoms with Crippen molar-refractivity contribution in [2.75, 3.05) is 13.7 Å². The highest BCUT2D eigenvalue weighted by molar-refractivity contribution is 5.73. The van der Waals surface area contributed by atoms with E-state index in [0.717, 1.165) is 5.75 Å². The first-order valence-corrected chi connectivity index (χ1v) is 6.55. The van der Waals surface area contributed by atoms with Gasteiger partial charge in [0.2, 0.25) is 0 Å². The van der Waals surface area contributed by atoms with E-state index in [-0.39, 0.29) is 11.8 Å². The van der Waals surface area contributed by atoms with Crippen LogP contribution in [0.2, 0.25) is 0 Å². The Morgan fingerprint density at radius 3 is 2.26 bits per heavy atom. The molecule has 1 aromatic rings. The molecule has 0 aromatic heterocycles. The monoisotopic (exact) mass is 265 g/mol. The molecule has 1 unspecified atom stereocenters. The van der Waals surface area contributed by atoms with Gasteiger partial charge in [-0.25, -0.2) is 0 Å². The molecule has 106 valence electrons. The SMILES string of the molecule is COc1ccc(C(C)CN[C@@H](C(=O)O)C(C)C)cc1. The third-order valence-electron chi connectivity index (χ3n) is 3.26. The number of nitrogens with one attached hydrogen (secondary N) is 1. The van der Waals surface area contributed by atoms with Crippen LogP contribution < -0.4 is 10.1 Å². The van der Waals surface area contributed by atoms with E-state index < -0.39 is 12.0 Å². The zero-order valence-electron chi connectivity index (χ0n) is 12.0. The van der Waals surface area contributed by atoms with Gasteiger partial charge in [-0.3, -0.25) is 4.79 Å². The maximum absolute atomic E-state index is 11.1. The van der Waals surface area contributed by atoms with Crippen molar-refractivity contribution in [1.82, 2.24) is 5.32 Å². The molecule has 0 saturated carbocycles. The molecule has 1 rings (SSSR count). The first kappa shape index (κ1) is 15.5. The van der Waals surface area contributed by atoms with E-state index in [2.05, 4.69) is 12.2 Å². The van der Waals surface area contributed by atoms with Crippen molar-refractivity contribution in [2.24, 2.45) is 5.92 Å². The van der Waals surface area contributed by atoms with Gasteiger partial charge >= 0.3 is 5.97 Å². The lowest BCUT2D eigenvalue weighted by Gasteiger charge is -2.21. The molecule has 0 saturated heterocycles. The highest BCUT2D eigenvalue weighted by atomic mass is 16.5. The third kappa shape index (κ3) is 4.56. The predicted octanol–water partition coefficient (Wildman–Crippen LogP) is 2.50. The Morgan fingerprint density at radius 2 is 1.84 bits per heavy atom. The molecular weight excluding hydrogens is 242 g/mol. The first-order chi connectivity index (χ1) is 8.95. The number of rotatable bonds is 7. The Hall–Kier alpha value is -1.55. The van der Waals surface area contributed by atoms with Crippen molar-refractivity contribution < 1.29 is 14.6 Å². The van der Waals surface area contributed by atoms with Crippen molar-refractivity contribution in [1.29, 1.82) is 0 Å². The summed E-state index contributed by atoms with van der Waals surface area (Å²) in [7, 11) is 1.64. The van der Waals surface area contributed by atoms with Crippen LogP contribution in [0.1, 0.15) is 32.3 Å². The summed E-state index contributed by atoms with van der Waals surface area (Å²) in [6.07, 6.45) is 0. The fourth-order valence-corrected chi connectivity index (χ4v) is 1.96. The van der Waals surface area contributed by atoms with Gasteiger partial charge in [-0.05, 0) is 29.5 Å². The number of aliphatic carboxylic acids is 1. The summed E-state index contributed by atoms with van der Waals surface area (Å²) in [6.45, 7) is 6.53. The van der Waals surface area contributed by atoms with Crippen molar-refractivity contribution >= 4 is 5.97 Å². The van der Waals surface area contributed by atoms with Crippen LogP contribution in [-0.4, -0.2) is 30.8 Å². The lowest BCUT2D eigenvalue weighted by atomic mass is 9.99. The lowest BCUT2D eigenvalue weighted by Crippen LogP contribution is -2.42. The molecule has 0 fully saturated rings. The van der Waals surface area contributed by atoms with Crippen molar-refractivity contribution in [3.8, 4) is 5.75 Å². The Morgan fingerprint density at radius 1 is 1.26 bits per heavy atom. The third-order valence-corrected chi connectivity index (χ3v) is 3.26. The molecule has 4 heteroatoms. The van der Waals surface area contributed by atoms with E-state index >= 15 is 0 Å².